The molecule has 1 spiro atoms. The number of ether oxygens (including phenoxy) is 2. The second kappa shape index (κ2) is 12.3. The molecule has 3 aromatic rings. The molecule has 1 heterocycles. The summed E-state index contributed by atoms with van der Waals surface area (Å²) in [6, 6.07) is 16.3. The number of aliphatic hydroxyl groups excluding tert-OH is 1. The Bertz CT molecular complexity index is 1470. The molecular formula is C34H39F2NO4S. The summed E-state index contributed by atoms with van der Waals surface area (Å²) in [7, 11) is -0.0354. The van der Waals surface area contributed by atoms with Crippen molar-refractivity contribution in [1.82, 2.24) is 0 Å². The van der Waals surface area contributed by atoms with Crippen molar-refractivity contribution in [3.63, 3.8) is 0 Å². The second-order valence-corrected chi connectivity index (χ2v) is 12.8. The van der Waals surface area contributed by atoms with E-state index < -0.39 is 23.2 Å². The summed E-state index contributed by atoms with van der Waals surface area (Å²) in [4.78, 5) is 0.691. The first-order valence-corrected chi connectivity index (χ1v) is 15.7. The Morgan fingerprint density at radius 3 is 2.43 bits per heavy atom. The third kappa shape index (κ3) is 5.77. The fraction of sp³-hybridized carbons (Fsp3) is 0.412. The fourth-order valence-electron chi connectivity index (χ4n) is 6.32. The van der Waals surface area contributed by atoms with Crippen LogP contribution >= 0.6 is 0 Å². The minimum Gasteiger partial charge on any atom is -0.488 e. The van der Waals surface area contributed by atoms with Gasteiger partial charge < -0.3 is 14.6 Å². The first-order chi connectivity index (χ1) is 20.1. The third-order valence-corrected chi connectivity index (χ3v) is 10.1. The zero-order valence-electron chi connectivity index (χ0n) is 24.5. The van der Waals surface area contributed by atoms with E-state index in [2.05, 4.69) is 29.9 Å². The Kier molecular flexibility index (Phi) is 8.88. The van der Waals surface area contributed by atoms with Crippen LogP contribution in [0.5, 0.6) is 5.75 Å². The van der Waals surface area contributed by atoms with Crippen LogP contribution in [0.1, 0.15) is 61.3 Å². The number of rotatable bonds is 10. The molecule has 0 saturated heterocycles. The van der Waals surface area contributed by atoms with Crippen LogP contribution in [0.4, 0.5) is 14.5 Å². The van der Waals surface area contributed by atoms with Gasteiger partial charge in [0.05, 0.1) is 10.6 Å². The molecule has 1 N–H and O–H groups in total. The van der Waals surface area contributed by atoms with E-state index in [1.54, 1.807) is 18.2 Å². The van der Waals surface area contributed by atoms with Gasteiger partial charge in [-0.2, -0.15) is 8.78 Å². The van der Waals surface area contributed by atoms with Crippen molar-refractivity contribution in [2.75, 3.05) is 24.6 Å². The maximum Gasteiger partial charge on any atom is 0.291 e. The SMILES string of the molecule is C=CC(F)(F)c1ccc(-c2cc(CC)c3c(c2)C2(CCCCC2)CN3S(=O)c2ccc(OCC(O)OC)c(C)c2)cc1. The average molecular weight is 596 g/mol. The number of fused-ring (bicyclic) bond motifs is 2. The number of methoxy groups -OCH3 is 1. The zero-order chi connectivity index (χ0) is 30.1. The standard InChI is InChI=1S/C34H39F2NO4S/c1-5-24-19-26(25-10-12-27(13-11-25)34(35,36)6-2)20-29-32(24)37(22-33(29)16-8-7-9-17-33)42(39)28-14-15-30(23(3)18-28)41-21-31(38)40-4/h6,10-15,18-20,31,38H,2,5,7-9,16-17,21-22H2,1,3-4H3. The molecule has 42 heavy (non-hydrogen) atoms. The van der Waals surface area contributed by atoms with Crippen LogP contribution in [0, 0.1) is 6.92 Å². The first kappa shape index (κ1) is 30.4. The van der Waals surface area contributed by atoms with Crippen LogP contribution in [0.25, 0.3) is 11.1 Å². The van der Waals surface area contributed by atoms with Crippen molar-refractivity contribution < 1.29 is 27.6 Å². The van der Waals surface area contributed by atoms with E-state index >= 15 is 0 Å². The van der Waals surface area contributed by atoms with Crippen LogP contribution in [0.2, 0.25) is 0 Å². The van der Waals surface area contributed by atoms with Gasteiger partial charge in [0.2, 0.25) is 0 Å². The lowest BCUT2D eigenvalue weighted by Crippen LogP contribution is -2.36. The number of benzene rings is 3. The van der Waals surface area contributed by atoms with Crippen LogP contribution in [-0.2, 0) is 33.5 Å². The topological polar surface area (TPSA) is 59.0 Å². The Morgan fingerprint density at radius 1 is 1.10 bits per heavy atom. The highest BCUT2D eigenvalue weighted by Crippen LogP contribution is 2.53. The lowest BCUT2D eigenvalue weighted by Gasteiger charge is -2.34. The highest BCUT2D eigenvalue weighted by molar-refractivity contribution is 7.86. The van der Waals surface area contributed by atoms with Gasteiger partial charge in [0.25, 0.3) is 5.92 Å². The predicted molar refractivity (Wildman–Crippen MR) is 164 cm³/mol. The average Bonchev–Trinajstić information content (AvgIpc) is 3.32. The van der Waals surface area contributed by atoms with E-state index in [9.17, 15) is 18.1 Å². The molecule has 2 atom stereocenters. The maximum atomic E-state index is 14.3. The third-order valence-electron chi connectivity index (χ3n) is 8.71. The summed E-state index contributed by atoms with van der Waals surface area (Å²) in [5, 5.41) is 9.67. The number of hydrogen-bond acceptors (Lipinski definition) is 4. The minimum absolute atomic E-state index is 0.00337. The molecule has 0 aromatic heterocycles. The van der Waals surface area contributed by atoms with Crippen molar-refractivity contribution in [2.45, 2.75) is 74.9 Å². The van der Waals surface area contributed by atoms with Gasteiger partial charge in [0.15, 0.2) is 17.3 Å². The molecule has 2 aliphatic rings. The van der Waals surface area contributed by atoms with Gasteiger partial charge in [0.1, 0.15) is 12.4 Å². The largest absolute Gasteiger partial charge is 0.488 e. The number of alkyl halides is 2. The zero-order valence-corrected chi connectivity index (χ0v) is 25.3. The molecule has 1 aliphatic carbocycles. The summed E-state index contributed by atoms with van der Waals surface area (Å²) < 4.78 is 55.2. The molecule has 0 radical (unpaired) electrons. The molecule has 2 unspecified atom stereocenters. The summed E-state index contributed by atoms with van der Waals surface area (Å²) in [5.41, 5.74) is 5.88. The van der Waals surface area contributed by atoms with E-state index in [0.717, 1.165) is 60.0 Å². The second-order valence-electron chi connectivity index (χ2n) is 11.3. The van der Waals surface area contributed by atoms with Crippen LogP contribution in [0.15, 0.2) is 72.1 Å². The summed E-state index contributed by atoms with van der Waals surface area (Å²) in [6.45, 7) is 7.95. The molecule has 5 nitrogen and oxygen atoms in total. The van der Waals surface area contributed by atoms with Gasteiger partial charge in [0, 0.05) is 24.6 Å². The van der Waals surface area contributed by atoms with E-state index in [1.807, 2.05) is 19.1 Å². The van der Waals surface area contributed by atoms with Gasteiger partial charge in [-0.05, 0) is 90.4 Å². The molecule has 8 heteroatoms. The Balaban J connectivity index is 1.53. The Labute approximate surface area is 249 Å². The van der Waals surface area contributed by atoms with Crippen molar-refractivity contribution in [3.05, 3.63) is 89.5 Å². The summed E-state index contributed by atoms with van der Waals surface area (Å²) in [6.07, 6.45) is 5.89. The molecule has 1 aliphatic heterocycles. The fourth-order valence-corrected chi connectivity index (χ4v) is 7.78. The number of hydrogen-bond donors (Lipinski definition) is 1. The van der Waals surface area contributed by atoms with E-state index in [0.29, 0.717) is 23.3 Å². The normalized spacial score (nSPS) is 17.6. The maximum absolute atomic E-state index is 14.3. The molecule has 0 bridgehead atoms. The number of nitrogens with zero attached hydrogens (tertiary/aromatic N) is 1. The van der Waals surface area contributed by atoms with Crippen molar-refractivity contribution in [3.8, 4) is 16.9 Å². The van der Waals surface area contributed by atoms with Crippen molar-refractivity contribution in [1.29, 1.82) is 0 Å². The molecule has 224 valence electrons. The Hall–Kier alpha value is -3.07. The highest BCUT2D eigenvalue weighted by Gasteiger charge is 2.46. The molecule has 5 rings (SSSR count). The minimum atomic E-state index is -3.07. The van der Waals surface area contributed by atoms with E-state index in [4.69, 9.17) is 9.47 Å². The number of anilines is 1. The Morgan fingerprint density at radius 2 is 1.81 bits per heavy atom. The number of aliphatic hydroxyl groups is 1. The lowest BCUT2D eigenvalue weighted by molar-refractivity contribution is -0.0968. The van der Waals surface area contributed by atoms with Gasteiger partial charge in [-0.3, -0.25) is 4.31 Å². The molecule has 1 fully saturated rings. The van der Waals surface area contributed by atoms with Crippen molar-refractivity contribution >= 4 is 16.7 Å². The molecule has 0 amide bonds. The predicted octanol–water partition coefficient (Wildman–Crippen LogP) is 7.59. The lowest BCUT2D eigenvalue weighted by atomic mass is 9.70. The van der Waals surface area contributed by atoms with Gasteiger partial charge in [-0.25, -0.2) is 4.21 Å². The molecule has 1 saturated carbocycles. The molecular weight excluding hydrogens is 556 g/mol. The number of halogens is 2. The van der Waals surface area contributed by atoms with Gasteiger partial charge >= 0.3 is 0 Å². The van der Waals surface area contributed by atoms with Crippen molar-refractivity contribution in [2.24, 2.45) is 0 Å². The van der Waals surface area contributed by atoms with E-state index in [1.165, 1.54) is 31.2 Å². The summed E-state index contributed by atoms with van der Waals surface area (Å²) in [5.74, 6) is -2.47. The molecule has 3 aromatic carbocycles. The highest BCUT2D eigenvalue weighted by atomic mass is 32.2. The van der Waals surface area contributed by atoms with Crippen LogP contribution in [0.3, 0.4) is 0 Å². The number of allylic oxidation sites excluding steroid dienone is 1. The van der Waals surface area contributed by atoms with Crippen LogP contribution < -0.4 is 9.04 Å². The van der Waals surface area contributed by atoms with E-state index in [-0.39, 0.29) is 17.6 Å². The van der Waals surface area contributed by atoms with Gasteiger partial charge in [-0.1, -0.05) is 57.0 Å². The number of aryl methyl sites for hydroxylation is 2. The monoisotopic (exact) mass is 595 g/mol. The quantitative estimate of drug-likeness (QED) is 0.194. The summed E-state index contributed by atoms with van der Waals surface area (Å²) >= 11 is 0. The first-order valence-electron chi connectivity index (χ1n) is 14.6. The smallest absolute Gasteiger partial charge is 0.291 e. The van der Waals surface area contributed by atoms with Gasteiger partial charge in [-0.15, -0.1) is 0 Å². The van der Waals surface area contributed by atoms with Crippen LogP contribution in [-0.4, -0.2) is 35.9 Å².